The number of para-hydroxylation sites is 1. The fourth-order valence-corrected chi connectivity index (χ4v) is 1.95. The van der Waals surface area contributed by atoms with Crippen molar-refractivity contribution in [3.05, 3.63) is 53.6 Å². The summed E-state index contributed by atoms with van der Waals surface area (Å²) in [5.74, 6) is 0. The number of nitrogens with two attached hydrogens (primary N) is 2. The second-order valence-corrected chi connectivity index (χ2v) is 4.44. The van der Waals surface area contributed by atoms with Crippen molar-refractivity contribution >= 4 is 17.1 Å². The molecule has 0 aliphatic carbocycles. The van der Waals surface area contributed by atoms with Crippen LogP contribution in [0.2, 0.25) is 0 Å². The first-order valence-electron chi connectivity index (χ1n) is 6.27. The third-order valence-electron chi connectivity index (χ3n) is 3.06. The summed E-state index contributed by atoms with van der Waals surface area (Å²) in [6.07, 6.45) is 0.564. The van der Waals surface area contributed by atoms with Gasteiger partial charge in [-0.25, -0.2) is 0 Å². The highest BCUT2D eigenvalue weighted by atomic mass is 16.2. The van der Waals surface area contributed by atoms with E-state index in [-0.39, 0.29) is 6.61 Å². The average molecular weight is 257 g/mol. The highest BCUT2D eigenvalue weighted by Crippen LogP contribution is 2.20. The molecule has 0 spiro atoms. The van der Waals surface area contributed by atoms with Crippen molar-refractivity contribution < 1.29 is 5.11 Å². The molecule has 0 amide bonds. The van der Waals surface area contributed by atoms with Gasteiger partial charge in [-0.05, 0) is 41.8 Å². The van der Waals surface area contributed by atoms with E-state index in [1.807, 2.05) is 42.5 Å². The Morgan fingerprint density at radius 3 is 2.42 bits per heavy atom. The van der Waals surface area contributed by atoms with Crippen LogP contribution in [-0.2, 0) is 13.0 Å². The van der Waals surface area contributed by atoms with Crippen LogP contribution in [-0.4, -0.2) is 11.7 Å². The van der Waals surface area contributed by atoms with Crippen LogP contribution in [0, 0.1) is 0 Å². The standard InChI is InChI=1S/C15H19N3O/c16-14-4-2-1-3-12(14)10-18-13-5-6-15(17)11(9-13)7-8-19/h1-6,9,18-19H,7-8,10,16-17H2. The fraction of sp³-hybridized carbons (Fsp3) is 0.200. The minimum absolute atomic E-state index is 0.0965. The van der Waals surface area contributed by atoms with Crippen LogP contribution < -0.4 is 16.8 Å². The average Bonchev–Trinajstić information content (AvgIpc) is 2.41. The first-order valence-corrected chi connectivity index (χ1v) is 6.27. The van der Waals surface area contributed by atoms with Crippen molar-refractivity contribution in [2.75, 3.05) is 23.4 Å². The first kappa shape index (κ1) is 13.2. The number of aliphatic hydroxyl groups excluding tert-OH is 1. The van der Waals surface area contributed by atoms with Gasteiger partial charge >= 0.3 is 0 Å². The maximum atomic E-state index is 8.99. The summed E-state index contributed by atoms with van der Waals surface area (Å²) in [5.41, 5.74) is 16.2. The molecule has 0 bridgehead atoms. The van der Waals surface area contributed by atoms with E-state index in [2.05, 4.69) is 5.32 Å². The van der Waals surface area contributed by atoms with E-state index in [1.54, 1.807) is 0 Å². The molecule has 0 radical (unpaired) electrons. The second-order valence-electron chi connectivity index (χ2n) is 4.44. The molecule has 0 saturated heterocycles. The fourth-order valence-electron chi connectivity index (χ4n) is 1.95. The molecular weight excluding hydrogens is 238 g/mol. The lowest BCUT2D eigenvalue weighted by atomic mass is 10.1. The lowest BCUT2D eigenvalue weighted by Gasteiger charge is -2.11. The SMILES string of the molecule is Nc1ccc(NCc2ccccc2N)cc1CCO. The molecule has 100 valence electrons. The van der Waals surface area contributed by atoms with Gasteiger partial charge in [0.05, 0.1) is 0 Å². The van der Waals surface area contributed by atoms with Crippen molar-refractivity contribution in [2.45, 2.75) is 13.0 Å². The predicted molar refractivity (Wildman–Crippen MR) is 79.8 cm³/mol. The quantitative estimate of drug-likeness (QED) is 0.617. The molecular formula is C15H19N3O. The monoisotopic (exact) mass is 257 g/mol. The molecule has 2 aromatic rings. The van der Waals surface area contributed by atoms with Crippen LogP contribution >= 0.6 is 0 Å². The Hall–Kier alpha value is -2.20. The molecule has 6 N–H and O–H groups in total. The number of hydrogen-bond acceptors (Lipinski definition) is 4. The molecule has 2 aromatic carbocycles. The highest BCUT2D eigenvalue weighted by Gasteiger charge is 2.02. The Kier molecular flexibility index (Phi) is 4.26. The zero-order valence-electron chi connectivity index (χ0n) is 10.8. The summed E-state index contributed by atoms with van der Waals surface area (Å²) >= 11 is 0. The summed E-state index contributed by atoms with van der Waals surface area (Å²) < 4.78 is 0. The molecule has 0 aromatic heterocycles. The second kappa shape index (κ2) is 6.11. The van der Waals surface area contributed by atoms with Gasteiger partial charge < -0.3 is 21.9 Å². The minimum atomic E-state index is 0.0965. The first-order chi connectivity index (χ1) is 9.20. The lowest BCUT2D eigenvalue weighted by molar-refractivity contribution is 0.300. The largest absolute Gasteiger partial charge is 0.399 e. The van der Waals surface area contributed by atoms with Crippen molar-refractivity contribution in [2.24, 2.45) is 0 Å². The Morgan fingerprint density at radius 1 is 0.947 bits per heavy atom. The van der Waals surface area contributed by atoms with Crippen molar-refractivity contribution in [3.8, 4) is 0 Å². The van der Waals surface area contributed by atoms with Crippen molar-refractivity contribution in [1.82, 2.24) is 0 Å². The number of nitrogens with one attached hydrogen (secondary N) is 1. The number of anilines is 3. The molecule has 0 unspecified atom stereocenters. The normalized spacial score (nSPS) is 10.4. The Bertz CT molecular complexity index is 555. The topological polar surface area (TPSA) is 84.3 Å². The Labute approximate surface area is 113 Å². The third kappa shape index (κ3) is 3.39. The molecule has 19 heavy (non-hydrogen) atoms. The van der Waals surface area contributed by atoms with Crippen LogP contribution in [0.25, 0.3) is 0 Å². The molecule has 0 heterocycles. The van der Waals surface area contributed by atoms with Gasteiger partial charge in [-0.1, -0.05) is 18.2 Å². The number of nitrogen functional groups attached to an aromatic ring is 2. The van der Waals surface area contributed by atoms with Crippen LogP contribution in [0.5, 0.6) is 0 Å². The molecule has 0 aliphatic rings. The summed E-state index contributed by atoms with van der Waals surface area (Å²) in [6, 6.07) is 13.5. The molecule has 4 heteroatoms. The summed E-state index contributed by atoms with van der Waals surface area (Å²) in [5, 5.41) is 12.3. The zero-order valence-corrected chi connectivity index (χ0v) is 10.8. The maximum Gasteiger partial charge on any atom is 0.0472 e. The summed E-state index contributed by atoms with van der Waals surface area (Å²) in [4.78, 5) is 0. The van der Waals surface area contributed by atoms with E-state index in [4.69, 9.17) is 16.6 Å². The number of aliphatic hydroxyl groups is 1. The van der Waals surface area contributed by atoms with E-state index in [1.165, 1.54) is 0 Å². The van der Waals surface area contributed by atoms with Crippen molar-refractivity contribution in [3.63, 3.8) is 0 Å². The molecule has 4 nitrogen and oxygen atoms in total. The molecule has 2 rings (SSSR count). The van der Waals surface area contributed by atoms with E-state index in [9.17, 15) is 0 Å². The van der Waals surface area contributed by atoms with Gasteiger partial charge in [-0.15, -0.1) is 0 Å². The van der Waals surface area contributed by atoms with Crippen LogP contribution in [0.4, 0.5) is 17.1 Å². The number of hydrogen-bond donors (Lipinski definition) is 4. The van der Waals surface area contributed by atoms with E-state index >= 15 is 0 Å². The van der Waals surface area contributed by atoms with E-state index < -0.39 is 0 Å². The molecule has 0 atom stereocenters. The van der Waals surface area contributed by atoms with Gasteiger partial charge in [0, 0.05) is 30.2 Å². The molecule has 0 fully saturated rings. The van der Waals surface area contributed by atoms with Gasteiger partial charge in [-0.3, -0.25) is 0 Å². The highest BCUT2D eigenvalue weighted by molar-refractivity contribution is 5.58. The summed E-state index contributed by atoms with van der Waals surface area (Å²) in [7, 11) is 0. The number of benzene rings is 2. The van der Waals surface area contributed by atoms with E-state index in [0.717, 1.165) is 22.5 Å². The van der Waals surface area contributed by atoms with Gasteiger partial charge in [0.25, 0.3) is 0 Å². The third-order valence-corrected chi connectivity index (χ3v) is 3.06. The minimum Gasteiger partial charge on any atom is -0.399 e. The Balaban J connectivity index is 2.07. The van der Waals surface area contributed by atoms with Crippen LogP contribution in [0.1, 0.15) is 11.1 Å². The Morgan fingerprint density at radius 2 is 1.68 bits per heavy atom. The van der Waals surface area contributed by atoms with Gasteiger partial charge in [0.15, 0.2) is 0 Å². The maximum absolute atomic E-state index is 8.99. The van der Waals surface area contributed by atoms with Crippen LogP contribution in [0.15, 0.2) is 42.5 Å². The zero-order chi connectivity index (χ0) is 13.7. The molecule has 0 aliphatic heterocycles. The predicted octanol–water partition coefficient (Wildman–Crippen LogP) is 2.00. The lowest BCUT2D eigenvalue weighted by Crippen LogP contribution is -2.04. The number of rotatable bonds is 5. The van der Waals surface area contributed by atoms with Crippen molar-refractivity contribution in [1.29, 1.82) is 0 Å². The van der Waals surface area contributed by atoms with Gasteiger partial charge in [-0.2, -0.15) is 0 Å². The van der Waals surface area contributed by atoms with E-state index in [0.29, 0.717) is 18.7 Å². The summed E-state index contributed by atoms with van der Waals surface area (Å²) in [6.45, 7) is 0.758. The van der Waals surface area contributed by atoms with Gasteiger partial charge in [0.2, 0.25) is 0 Å². The van der Waals surface area contributed by atoms with Crippen LogP contribution in [0.3, 0.4) is 0 Å². The van der Waals surface area contributed by atoms with Gasteiger partial charge in [0.1, 0.15) is 0 Å². The molecule has 0 saturated carbocycles. The smallest absolute Gasteiger partial charge is 0.0472 e.